The SMILES string of the molecule is CC1CN(C(=O)c2ccc(O)c(Cl)c2)CC(C)N1. The number of phenols is 1. The van der Waals surface area contributed by atoms with Crippen molar-refractivity contribution in [1.82, 2.24) is 10.2 Å². The first-order valence-electron chi connectivity index (χ1n) is 6.01. The number of carbonyl (C=O) groups is 1. The van der Waals surface area contributed by atoms with Gasteiger partial charge in [-0.3, -0.25) is 4.79 Å². The van der Waals surface area contributed by atoms with Crippen molar-refractivity contribution in [2.75, 3.05) is 13.1 Å². The summed E-state index contributed by atoms with van der Waals surface area (Å²) in [5.74, 6) is -0.0487. The summed E-state index contributed by atoms with van der Waals surface area (Å²) in [6, 6.07) is 5.12. The minimum atomic E-state index is -0.0444. The Labute approximate surface area is 112 Å². The zero-order valence-corrected chi connectivity index (χ0v) is 11.2. The Morgan fingerprint density at radius 1 is 1.39 bits per heavy atom. The smallest absolute Gasteiger partial charge is 0.254 e. The molecule has 2 N–H and O–H groups in total. The maximum Gasteiger partial charge on any atom is 0.254 e. The van der Waals surface area contributed by atoms with Gasteiger partial charge in [0.2, 0.25) is 0 Å². The second-order valence-electron chi connectivity index (χ2n) is 4.85. The van der Waals surface area contributed by atoms with Gasteiger partial charge in [-0.05, 0) is 32.0 Å². The van der Waals surface area contributed by atoms with E-state index in [4.69, 9.17) is 11.6 Å². The molecule has 2 atom stereocenters. The summed E-state index contributed by atoms with van der Waals surface area (Å²) in [6.45, 7) is 5.48. The van der Waals surface area contributed by atoms with Crippen molar-refractivity contribution >= 4 is 17.5 Å². The molecule has 2 unspecified atom stereocenters. The van der Waals surface area contributed by atoms with Gasteiger partial charge in [-0.1, -0.05) is 11.6 Å². The van der Waals surface area contributed by atoms with Crippen molar-refractivity contribution in [3.8, 4) is 5.75 Å². The fraction of sp³-hybridized carbons (Fsp3) is 0.462. The van der Waals surface area contributed by atoms with Crippen LogP contribution in [0.5, 0.6) is 5.75 Å². The molecule has 18 heavy (non-hydrogen) atoms. The average Bonchev–Trinajstić information content (AvgIpc) is 2.30. The molecule has 0 aliphatic carbocycles. The highest BCUT2D eigenvalue weighted by Crippen LogP contribution is 2.24. The summed E-state index contributed by atoms with van der Waals surface area (Å²) in [6.07, 6.45) is 0. The highest BCUT2D eigenvalue weighted by molar-refractivity contribution is 6.32. The first-order valence-corrected chi connectivity index (χ1v) is 6.39. The molecule has 1 aliphatic heterocycles. The van der Waals surface area contributed by atoms with E-state index in [1.165, 1.54) is 12.1 Å². The lowest BCUT2D eigenvalue weighted by Crippen LogP contribution is -2.55. The Morgan fingerprint density at radius 3 is 2.56 bits per heavy atom. The van der Waals surface area contributed by atoms with Gasteiger partial charge in [-0.2, -0.15) is 0 Å². The largest absolute Gasteiger partial charge is 0.506 e. The van der Waals surface area contributed by atoms with Crippen molar-refractivity contribution in [1.29, 1.82) is 0 Å². The number of hydrogen-bond donors (Lipinski definition) is 2. The number of benzene rings is 1. The fourth-order valence-corrected chi connectivity index (χ4v) is 2.50. The summed E-state index contributed by atoms with van der Waals surface area (Å²) in [5, 5.41) is 12.9. The normalized spacial score (nSPS) is 24.1. The molecular formula is C13H17ClN2O2. The Morgan fingerprint density at radius 2 is 2.00 bits per heavy atom. The van der Waals surface area contributed by atoms with Gasteiger partial charge in [0.05, 0.1) is 5.02 Å². The fourth-order valence-electron chi connectivity index (χ4n) is 2.32. The number of carbonyl (C=O) groups excluding carboxylic acids is 1. The Bertz CT molecular complexity index is 454. The number of halogens is 1. The number of piperazine rings is 1. The molecule has 1 aromatic rings. The Hall–Kier alpha value is -1.26. The highest BCUT2D eigenvalue weighted by atomic mass is 35.5. The van der Waals surface area contributed by atoms with Gasteiger partial charge in [0.25, 0.3) is 5.91 Å². The number of nitrogens with zero attached hydrogens (tertiary/aromatic N) is 1. The van der Waals surface area contributed by atoms with Gasteiger partial charge < -0.3 is 15.3 Å². The van der Waals surface area contributed by atoms with Crippen LogP contribution >= 0.6 is 11.6 Å². The van der Waals surface area contributed by atoms with Crippen molar-refractivity contribution in [2.45, 2.75) is 25.9 Å². The van der Waals surface area contributed by atoms with E-state index in [0.717, 1.165) is 0 Å². The molecule has 1 amide bonds. The maximum atomic E-state index is 12.3. The first-order chi connectivity index (χ1) is 8.47. The topological polar surface area (TPSA) is 52.6 Å². The molecule has 1 fully saturated rings. The van der Waals surface area contributed by atoms with E-state index in [1.807, 2.05) is 4.90 Å². The van der Waals surface area contributed by atoms with Crippen LogP contribution in [0, 0.1) is 0 Å². The summed E-state index contributed by atoms with van der Waals surface area (Å²) < 4.78 is 0. The first kappa shape index (κ1) is 13.2. The van der Waals surface area contributed by atoms with Crippen LogP contribution in [0.3, 0.4) is 0 Å². The molecule has 1 aliphatic rings. The molecule has 0 radical (unpaired) electrons. The van der Waals surface area contributed by atoms with Gasteiger partial charge in [0, 0.05) is 30.7 Å². The predicted octanol–water partition coefficient (Wildman–Crippen LogP) is 1.87. The van der Waals surface area contributed by atoms with Crippen LogP contribution in [0.1, 0.15) is 24.2 Å². The quantitative estimate of drug-likeness (QED) is 0.818. The van der Waals surface area contributed by atoms with E-state index in [2.05, 4.69) is 19.2 Å². The lowest BCUT2D eigenvalue weighted by atomic mass is 10.1. The standard InChI is InChI=1S/C13H17ClN2O2/c1-8-6-16(7-9(2)15-8)13(18)10-3-4-12(17)11(14)5-10/h3-5,8-9,15,17H,6-7H2,1-2H3. The average molecular weight is 269 g/mol. The number of rotatable bonds is 1. The van der Waals surface area contributed by atoms with Crippen molar-refractivity contribution in [3.63, 3.8) is 0 Å². The van der Waals surface area contributed by atoms with Gasteiger partial charge in [-0.25, -0.2) is 0 Å². The Balaban J connectivity index is 2.17. The highest BCUT2D eigenvalue weighted by Gasteiger charge is 2.25. The van der Waals surface area contributed by atoms with Crippen LogP contribution in [0.25, 0.3) is 0 Å². The molecule has 1 aromatic carbocycles. The second-order valence-corrected chi connectivity index (χ2v) is 5.25. The van der Waals surface area contributed by atoms with E-state index in [0.29, 0.717) is 18.7 Å². The van der Waals surface area contributed by atoms with E-state index in [1.54, 1.807) is 6.07 Å². The third-order valence-electron chi connectivity index (χ3n) is 3.04. The summed E-state index contributed by atoms with van der Waals surface area (Å²) >= 11 is 5.82. The van der Waals surface area contributed by atoms with Gasteiger partial charge in [-0.15, -0.1) is 0 Å². The summed E-state index contributed by atoms with van der Waals surface area (Å²) in [5.41, 5.74) is 0.513. The van der Waals surface area contributed by atoms with Crippen LogP contribution in [-0.2, 0) is 0 Å². The number of phenolic OH excluding ortho intramolecular Hbond substituents is 1. The molecule has 0 bridgehead atoms. The number of amides is 1. The third kappa shape index (κ3) is 2.76. The molecular weight excluding hydrogens is 252 g/mol. The molecule has 1 saturated heterocycles. The number of nitrogens with one attached hydrogen (secondary N) is 1. The van der Waals surface area contributed by atoms with Crippen LogP contribution in [0.15, 0.2) is 18.2 Å². The van der Waals surface area contributed by atoms with E-state index >= 15 is 0 Å². The lowest BCUT2D eigenvalue weighted by Gasteiger charge is -2.36. The summed E-state index contributed by atoms with van der Waals surface area (Å²) in [4.78, 5) is 14.1. The molecule has 98 valence electrons. The molecule has 1 heterocycles. The Kier molecular flexibility index (Phi) is 3.78. The zero-order chi connectivity index (χ0) is 13.3. The van der Waals surface area contributed by atoms with Crippen molar-refractivity contribution in [3.05, 3.63) is 28.8 Å². The molecule has 2 rings (SSSR count). The van der Waals surface area contributed by atoms with Crippen LogP contribution in [0.4, 0.5) is 0 Å². The zero-order valence-electron chi connectivity index (χ0n) is 10.5. The maximum absolute atomic E-state index is 12.3. The second kappa shape index (κ2) is 5.16. The van der Waals surface area contributed by atoms with Crippen molar-refractivity contribution in [2.24, 2.45) is 0 Å². The lowest BCUT2D eigenvalue weighted by molar-refractivity contribution is 0.0674. The summed E-state index contributed by atoms with van der Waals surface area (Å²) in [7, 11) is 0. The van der Waals surface area contributed by atoms with E-state index in [9.17, 15) is 9.90 Å². The minimum Gasteiger partial charge on any atom is -0.506 e. The minimum absolute atomic E-state index is 0.00439. The predicted molar refractivity (Wildman–Crippen MR) is 71.1 cm³/mol. The van der Waals surface area contributed by atoms with Gasteiger partial charge >= 0.3 is 0 Å². The van der Waals surface area contributed by atoms with E-state index < -0.39 is 0 Å². The molecule has 4 nitrogen and oxygen atoms in total. The molecule has 0 aromatic heterocycles. The van der Waals surface area contributed by atoms with Crippen LogP contribution in [-0.4, -0.2) is 41.1 Å². The molecule has 0 spiro atoms. The molecule has 0 saturated carbocycles. The molecule has 5 heteroatoms. The van der Waals surface area contributed by atoms with Crippen LogP contribution < -0.4 is 5.32 Å². The van der Waals surface area contributed by atoms with Crippen LogP contribution in [0.2, 0.25) is 5.02 Å². The monoisotopic (exact) mass is 268 g/mol. The van der Waals surface area contributed by atoms with E-state index in [-0.39, 0.29) is 28.8 Å². The number of aromatic hydroxyl groups is 1. The third-order valence-corrected chi connectivity index (χ3v) is 3.34. The van der Waals surface area contributed by atoms with Crippen molar-refractivity contribution < 1.29 is 9.90 Å². The van der Waals surface area contributed by atoms with Gasteiger partial charge in [0.15, 0.2) is 0 Å². The number of hydrogen-bond acceptors (Lipinski definition) is 3. The van der Waals surface area contributed by atoms with Gasteiger partial charge in [0.1, 0.15) is 5.75 Å².